The molecule has 0 fully saturated rings. The number of nitrogens with zero attached hydrogens (tertiary/aromatic N) is 1. The van der Waals surface area contributed by atoms with Crippen LogP contribution in [0.15, 0.2) is 48.5 Å². The highest BCUT2D eigenvalue weighted by Gasteiger charge is 2.11. The normalized spacial score (nSPS) is 9.80. The Labute approximate surface area is 148 Å². The van der Waals surface area contributed by atoms with Crippen molar-refractivity contribution in [3.8, 4) is 0 Å². The molecule has 2 aromatic rings. The van der Waals surface area contributed by atoms with Gasteiger partial charge in [0.05, 0.1) is 4.92 Å². The van der Waals surface area contributed by atoms with E-state index in [1.54, 1.807) is 24.3 Å². The van der Waals surface area contributed by atoms with Crippen LogP contribution in [-0.4, -0.2) is 28.9 Å². The number of rotatable bonds is 4. The third-order valence-corrected chi connectivity index (χ3v) is 3.38. The van der Waals surface area contributed by atoms with E-state index in [0.29, 0.717) is 11.3 Å². The molecule has 0 atom stereocenters. The van der Waals surface area contributed by atoms with Crippen molar-refractivity contribution in [2.45, 2.75) is 0 Å². The minimum absolute atomic E-state index is 0.0393. The van der Waals surface area contributed by atoms with Gasteiger partial charge in [-0.15, -0.1) is 0 Å². The number of non-ortho nitro benzene ring substituents is 1. The molecule has 0 aromatic heterocycles. The molecule has 0 radical (unpaired) electrons. The van der Waals surface area contributed by atoms with Crippen LogP contribution >= 0.6 is 12.2 Å². The molecule has 2 rings (SSSR count). The molecular formula is C16H14N4O4S. The van der Waals surface area contributed by atoms with Crippen molar-refractivity contribution in [2.75, 3.05) is 12.4 Å². The van der Waals surface area contributed by atoms with Gasteiger partial charge in [-0.05, 0) is 42.5 Å². The summed E-state index contributed by atoms with van der Waals surface area (Å²) >= 11 is 5.07. The van der Waals surface area contributed by atoms with Crippen molar-refractivity contribution in [2.24, 2.45) is 0 Å². The average molecular weight is 358 g/mol. The highest BCUT2D eigenvalue weighted by atomic mass is 32.1. The number of thiocarbonyl (C=S) groups is 1. The summed E-state index contributed by atoms with van der Waals surface area (Å²) < 4.78 is 0. The summed E-state index contributed by atoms with van der Waals surface area (Å²) in [6.07, 6.45) is 0. The standard InChI is InChI=1S/C16H14N4O4S/c1-17-14(21)11-3-2-4-12(9-11)18-16(25)19-15(22)10-5-7-13(8-6-10)20(23)24/h2-9H,1H3,(H,17,21)(H2,18,19,22,25). The summed E-state index contributed by atoms with van der Waals surface area (Å²) in [5, 5.41) is 18.4. The van der Waals surface area contributed by atoms with Crippen molar-refractivity contribution in [1.29, 1.82) is 0 Å². The van der Waals surface area contributed by atoms with Gasteiger partial charge in [0.25, 0.3) is 17.5 Å². The molecule has 3 N–H and O–H groups in total. The minimum Gasteiger partial charge on any atom is -0.355 e. The molecule has 2 amide bonds. The van der Waals surface area contributed by atoms with Gasteiger partial charge < -0.3 is 10.6 Å². The first-order valence-electron chi connectivity index (χ1n) is 7.09. The topological polar surface area (TPSA) is 113 Å². The lowest BCUT2D eigenvalue weighted by molar-refractivity contribution is -0.384. The Bertz CT molecular complexity index is 836. The van der Waals surface area contributed by atoms with Gasteiger partial charge in [0.15, 0.2) is 5.11 Å². The van der Waals surface area contributed by atoms with Crippen molar-refractivity contribution in [3.63, 3.8) is 0 Å². The predicted molar refractivity (Wildman–Crippen MR) is 96.6 cm³/mol. The van der Waals surface area contributed by atoms with Gasteiger partial charge in [0.2, 0.25) is 0 Å². The van der Waals surface area contributed by atoms with Gasteiger partial charge in [-0.3, -0.25) is 25.0 Å². The van der Waals surface area contributed by atoms with Gasteiger partial charge in [0, 0.05) is 36.0 Å². The van der Waals surface area contributed by atoms with Crippen LogP contribution in [0.5, 0.6) is 0 Å². The first-order chi connectivity index (χ1) is 11.9. The number of amides is 2. The van der Waals surface area contributed by atoms with Crippen LogP contribution in [0.4, 0.5) is 11.4 Å². The van der Waals surface area contributed by atoms with Crippen LogP contribution < -0.4 is 16.0 Å². The minimum atomic E-state index is -0.548. The largest absolute Gasteiger partial charge is 0.355 e. The van der Waals surface area contributed by atoms with Crippen LogP contribution in [0, 0.1) is 10.1 Å². The molecule has 0 saturated carbocycles. The Balaban J connectivity index is 2.01. The molecule has 0 saturated heterocycles. The molecule has 0 unspecified atom stereocenters. The lowest BCUT2D eigenvalue weighted by atomic mass is 10.2. The van der Waals surface area contributed by atoms with Crippen LogP contribution in [-0.2, 0) is 0 Å². The number of nitro groups is 1. The maximum absolute atomic E-state index is 12.1. The molecule has 0 aliphatic rings. The molecule has 0 aliphatic carbocycles. The number of carbonyl (C=O) groups excluding carboxylic acids is 2. The number of benzene rings is 2. The predicted octanol–water partition coefficient (Wildman–Crippen LogP) is 2.08. The smallest absolute Gasteiger partial charge is 0.269 e. The number of carbonyl (C=O) groups is 2. The summed E-state index contributed by atoms with van der Waals surface area (Å²) in [5.41, 5.74) is 1.10. The second kappa shape index (κ2) is 7.97. The zero-order valence-electron chi connectivity index (χ0n) is 13.1. The third-order valence-electron chi connectivity index (χ3n) is 3.18. The fraction of sp³-hybridized carbons (Fsp3) is 0.0625. The lowest BCUT2D eigenvalue weighted by Crippen LogP contribution is -2.34. The molecule has 2 aromatic carbocycles. The van der Waals surface area contributed by atoms with Gasteiger partial charge in [-0.25, -0.2) is 0 Å². The summed E-state index contributed by atoms with van der Waals surface area (Å²) in [4.78, 5) is 33.7. The monoisotopic (exact) mass is 358 g/mol. The van der Waals surface area contributed by atoms with Crippen molar-refractivity contribution in [3.05, 3.63) is 69.8 Å². The van der Waals surface area contributed by atoms with Crippen LogP contribution in [0.2, 0.25) is 0 Å². The number of anilines is 1. The molecule has 128 valence electrons. The first-order valence-corrected chi connectivity index (χ1v) is 7.50. The van der Waals surface area contributed by atoms with Crippen LogP contribution in [0.25, 0.3) is 0 Å². The number of nitro benzene ring substituents is 1. The fourth-order valence-corrected chi connectivity index (χ4v) is 2.17. The average Bonchev–Trinajstić information content (AvgIpc) is 2.61. The Morgan fingerprint density at radius 1 is 1.04 bits per heavy atom. The number of hydrogen-bond donors (Lipinski definition) is 3. The van der Waals surface area contributed by atoms with E-state index in [2.05, 4.69) is 16.0 Å². The van der Waals surface area contributed by atoms with E-state index in [9.17, 15) is 19.7 Å². The van der Waals surface area contributed by atoms with E-state index in [0.717, 1.165) is 0 Å². The number of nitrogens with one attached hydrogen (secondary N) is 3. The Hall–Kier alpha value is -3.33. The van der Waals surface area contributed by atoms with Crippen molar-refractivity contribution >= 4 is 40.5 Å². The van der Waals surface area contributed by atoms with E-state index < -0.39 is 10.8 Å². The summed E-state index contributed by atoms with van der Waals surface area (Å²) in [6.45, 7) is 0. The van der Waals surface area contributed by atoms with Crippen LogP contribution in [0.3, 0.4) is 0 Å². The summed E-state index contributed by atoms with van der Waals surface area (Å²) in [7, 11) is 1.53. The molecule has 0 bridgehead atoms. The molecular weight excluding hydrogens is 344 g/mol. The quantitative estimate of drug-likeness (QED) is 0.438. The van der Waals surface area contributed by atoms with E-state index in [-0.39, 0.29) is 22.3 Å². The SMILES string of the molecule is CNC(=O)c1cccc(NC(=S)NC(=O)c2ccc([N+](=O)[O-])cc2)c1. The molecule has 9 heteroatoms. The van der Waals surface area contributed by atoms with Gasteiger partial charge in [-0.1, -0.05) is 6.07 Å². The molecule has 25 heavy (non-hydrogen) atoms. The van der Waals surface area contributed by atoms with Gasteiger partial charge in [0.1, 0.15) is 0 Å². The summed E-state index contributed by atoms with van der Waals surface area (Å²) in [6, 6.07) is 11.7. The zero-order chi connectivity index (χ0) is 18.4. The van der Waals surface area contributed by atoms with E-state index in [1.165, 1.54) is 31.3 Å². The van der Waals surface area contributed by atoms with Crippen molar-refractivity contribution in [1.82, 2.24) is 10.6 Å². The van der Waals surface area contributed by atoms with E-state index in [1.807, 2.05) is 0 Å². The number of hydrogen-bond acceptors (Lipinski definition) is 5. The van der Waals surface area contributed by atoms with Gasteiger partial charge >= 0.3 is 0 Å². The first kappa shape index (κ1) is 18.0. The zero-order valence-corrected chi connectivity index (χ0v) is 13.9. The lowest BCUT2D eigenvalue weighted by Gasteiger charge is -2.10. The molecule has 0 aliphatic heterocycles. The summed E-state index contributed by atoms with van der Waals surface area (Å²) in [5.74, 6) is -0.751. The second-order valence-electron chi connectivity index (χ2n) is 4.87. The van der Waals surface area contributed by atoms with E-state index >= 15 is 0 Å². The van der Waals surface area contributed by atoms with E-state index in [4.69, 9.17) is 12.2 Å². The Morgan fingerprint density at radius 3 is 2.32 bits per heavy atom. The van der Waals surface area contributed by atoms with Crippen molar-refractivity contribution < 1.29 is 14.5 Å². The molecule has 8 nitrogen and oxygen atoms in total. The second-order valence-corrected chi connectivity index (χ2v) is 5.28. The highest BCUT2D eigenvalue weighted by Crippen LogP contribution is 2.13. The Morgan fingerprint density at radius 2 is 1.72 bits per heavy atom. The molecule has 0 spiro atoms. The Kier molecular flexibility index (Phi) is 5.75. The van der Waals surface area contributed by atoms with Crippen LogP contribution in [0.1, 0.15) is 20.7 Å². The van der Waals surface area contributed by atoms with Gasteiger partial charge in [-0.2, -0.15) is 0 Å². The molecule has 0 heterocycles. The maximum atomic E-state index is 12.1. The highest BCUT2D eigenvalue weighted by molar-refractivity contribution is 7.80. The fourth-order valence-electron chi connectivity index (χ4n) is 1.95. The maximum Gasteiger partial charge on any atom is 0.269 e. The third kappa shape index (κ3) is 4.82.